The largest absolute Gasteiger partial charge is 0.462 e. The Morgan fingerprint density at radius 1 is 1.19 bits per heavy atom. The van der Waals surface area contributed by atoms with Gasteiger partial charge in [0.1, 0.15) is 5.60 Å². The highest BCUT2D eigenvalue weighted by molar-refractivity contribution is 5.86. The number of carbonyl (C=O) groups is 2. The molecule has 0 amide bonds. The molecular formula is C22H32O5. The van der Waals surface area contributed by atoms with Crippen molar-refractivity contribution in [2.75, 3.05) is 13.2 Å². The lowest BCUT2D eigenvalue weighted by Gasteiger charge is -2.37. The van der Waals surface area contributed by atoms with Gasteiger partial charge in [-0.25, -0.2) is 4.79 Å². The van der Waals surface area contributed by atoms with Gasteiger partial charge in [-0.3, -0.25) is 4.79 Å². The highest BCUT2D eigenvalue weighted by atomic mass is 16.6. The summed E-state index contributed by atoms with van der Waals surface area (Å²) >= 11 is 0. The summed E-state index contributed by atoms with van der Waals surface area (Å²) in [4.78, 5) is 25.1. The number of fused-ring (bicyclic) bond motifs is 1. The van der Waals surface area contributed by atoms with Crippen LogP contribution in [0.1, 0.15) is 52.9 Å². The zero-order chi connectivity index (χ0) is 19.3. The minimum absolute atomic E-state index is 0.0386. The van der Waals surface area contributed by atoms with Gasteiger partial charge in [0.25, 0.3) is 0 Å². The van der Waals surface area contributed by atoms with Crippen LogP contribution in [0.25, 0.3) is 0 Å². The third-order valence-corrected chi connectivity index (χ3v) is 7.73. The van der Waals surface area contributed by atoms with E-state index in [4.69, 9.17) is 14.2 Å². The molecule has 3 saturated carbocycles. The van der Waals surface area contributed by atoms with Gasteiger partial charge >= 0.3 is 11.9 Å². The molecule has 6 unspecified atom stereocenters. The standard InChI is InChI=1S/C22H32O5/c1-12(2)20(23)26-11-17-14-9-15-16(10-25-19(15)17)18(14)21(24)27-22(13(3)4)7-5-6-8-22/h13-19H,1,5-11H2,2-4H3. The Hall–Kier alpha value is -1.36. The Kier molecular flexibility index (Phi) is 4.86. The van der Waals surface area contributed by atoms with Crippen molar-refractivity contribution in [2.45, 2.75) is 64.6 Å². The molecule has 6 atom stereocenters. The first-order valence-electron chi connectivity index (χ1n) is 10.5. The van der Waals surface area contributed by atoms with Gasteiger partial charge in [0, 0.05) is 17.4 Å². The molecular weight excluding hydrogens is 344 g/mol. The smallest absolute Gasteiger partial charge is 0.333 e. The minimum Gasteiger partial charge on any atom is -0.462 e. The molecule has 3 aliphatic carbocycles. The van der Waals surface area contributed by atoms with Gasteiger partial charge in [-0.2, -0.15) is 0 Å². The van der Waals surface area contributed by atoms with Crippen molar-refractivity contribution in [3.05, 3.63) is 12.2 Å². The van der Waals surface area contributed by atoms with Gasteiger partial charge in [-0.15, -0.1) is 0 Å². The lowest BCUT2D eigenvalue weighted by Crippen LogP contribution is -2.45. The third-order valence-electron chi connectivity index (χ3n) is 7.73. The molecule has 2 bridgehead atoms. The molecule has 0 radical (unpaired) electrons. The van der Waals surface area contributed by atoms with Crippen molar-refractivity contribution in [3.63, 3.8) is 0 Å². The Morgan fingerprint density at radius 2 is 1.89 bits per heavy atom. The third kappa shape index (κ3) is 3.02. The summed E-state index contributed by atoms with van der Waals surface area (Å²) in [5.41, 5.74) is 0.110. The lowest BCUT2D eigenvalue weighted by molar-refractivity contribution is -0.174. The van der Waals surface area contributed by atoms with E-state index in [0.29, 0.717) is 30.6 Å². The summed E-state index contributed by atoms with van der Waals surface area (Å²) < 4.78 is 17.7. The Morgan fingerprint density at radius 3 is 2.52 bits per heavy atom. The molecule has 4 aliphatic rings. The lowest BCUT2D eigenvalue weighted by atomic mass is 9.74. The quantitative estimate of drug-likeness (QED) is 0.524. The van der Waals surface area contributed by atoms with Crippen LogP contribution in [0.3, 0.4) is 0 Å². The molecule has 27 heavy (non-hydrogen) atoms. The van der Waals surface area contributed by atoms with Crippen LogP contribution in [-0.2, 0) is 23.8 Å². The van der Waals surface area contributed by atoms with Gasteiger partial charge in [0.15, 0.2) is 0 Å². The van der Waals surface area contributed by atoms with Crippen LogP contribution in [0.2, 0.25) is 0 Å². The van der Waals surface area contributed by atoms with E-state index in [1.807, 2.05) is 0 Å². The monoisotopic (exact) mass is 376 g/mol. The summed E-state index contributed by atoms with van der Waals surface area (Å²) in [6.45, 7) is 10.6. The van der Waals surface area contributed by atoms with Crippen LogP contribution < -0.4 is 0 Å². The molecule has 150 valence electrons. The molecule has 5 nitrogen and oxygen atoms in total. The highest BCUT2D eigenvalue weighted by Crippen LogP contribution is 2.60. The van der Waals surface area contributed by atoms with Crippen LogP contribution in [0.5, 0.6) is 0 Å². The van der Waals surface area contributed by atoms with Gasteiger partial charge in [0.05, 0.1) is 25.2 Å². The summed E-state index contributed by atoms with van der Waals surface area (Å²) in [6, 6.07) is 0. The Balaban J connectivity index is 1.48. The topological polar surface area (TPSA) is 61.8 Å². The fraction of sp³-hybridized carbons (Fsp3) is 0.818. The molecule has 0 spiro atoms. The van der Waals surface area contributed by atoms with Crippen LogP contribution >= 0.6 is 0 Å². The predicted molar refractivity (Wildman–Crippen MR) is 99.7 cm³/mol. The average Bonchev–Trinajstić information content (AvgIpc) is 3.33. The van der Waals surface area contributed by atoms with E-state index in [-0.39, 0.29) is 47.3 Å². The fourth-order valence-corrected chi connectivity index (χ4v) is 6.20. The van der Waals surface area contributed by atoms with E-state index in [1.54, 1.807) is 6.92 Å². The van der Waals surface area contributed by atoms with Crippen LogP contribution in [0, 0.1) is 35.5 Å². The maximum absolute atomic E-state index is 13.3. The number of hydrogen-bond acceptors (Lipinski definition) is 5. The summed E-state index contributed by atoms with van der Waals surface area (Å²) in [6.07, 6.45) is 5.32. The van der Waals surface area contributed by atoms with E-state index in [2.05, 4.69) is 20.4 Å². The van der Waals surface area contributed by atoms with E-state index in [1.165, 1.54) is 0 Å². The van der Waals surface area contributed by atoms with Crippen LogP contribution in [-0.4, -0.2) is 36.9 Å². The Labute approximate surface area is 161 Å². The van der Waals surface area contributed by atoms with E-state index < -0.39 is 0 Å². The van der Waals surface area contributed by atoms with Crippen LogP contribution in [0.15, 0.2) is 12.2 Å². The predicted octanol–water partition coefficient (Wildman–Crippen LogP) is 3.51. The maximum Gasteiger partial charge on any atom is 0.333 e. The zero-order valence-corrected chi connectivity index (χ0v) is 16.7. The molecule has 4 rings (SSSR count). The van der Waals surface area contributed by atoms with Gasteiger partial charge in [0.2, 0.25) is 0 Å². The first-order valence-corrected chi connectivity index (χ1v) is 10.5. The van der Waals surface area contributed by atoms with Crippen molar-refractivity contribution < 1.29 is 23.8 Å². The van der Waals surface area contributed by atoms with Crippen molar-refractivity contribution in [1.82, 2.24) is 0 Å². The normalized spacial score (nSPS) is 38.4. The van der Waals surface area contributed by atoms with Crippen molar-refractivity contribution in [2.24, 2.45) is 35.5 Å². The first-order chi connectivity index (χ1) is 12.8. The summed E-state index contributed by atoms with van der Waals surface area (Å²) in [7, 11) is 0. The molecule has 0 N–H and O–H groups in total. The fourth-order valence-electron chi connectivity index (χ4n) is 6.20. The van der Waals surface area contributed by atoms with Crippen molar-refractivity contribution in [3.8, 4) is 0 Å². The second-order valence-corrected chi connectivity index (χ2v) is 9.44. The molecule has 0 aromatic heterocycles. The minimum atomic E-state index is -0.365. The number of ether oxygens (including phenoxy) is 3. The van der Waals surface area contributed by atoms with Gasteiger partial charge in [-0.1, -0.05) is 20.4 Å². The van der Waals surface area contributed by atoms with E-state index >= 15 is 0 Å². The van der Waals surface area contributed by atoms with E-state index in [0.717, 1.165) is 32.1 Å². The molecule has 5 heteroatoms. The molecule has 0 aromatic carbocycles. The Bertz CT molecular complexity index is 633. The number of hydrogen-bond donors (Lipinski definition) is 0. The molecule has 4 fully saturated rings. The summed E-state index contributed by atoms with van der Waals surface area (Å²) in [5.74, 6) is 0.781. The highest BCUT2D eigenvalue weighted by Gasteiger charge is 2.65. The SMILES string of the molecule is C=C(C)C(=O)OCC1C2CC3C(COC31)C2C(=O)OC1(C(C)C)CCCC1. The molecule has 1 aliphatic heterocycles. The molecule has 1 saturated heterocycles. The number of rotatable bonds is 6. The van der Waals surface area contributed by atoms with Crippen molar-refractivity contribution >= 4 is 11.9 Å². The number of carbonyl (C=O) groups excluding carboxylic acids is 2. The van der Waals surface area contributed by atoms with Crippen LogP contribution in [0.4, 0.5) is 0 Å². The molecule has 1 heterocycles. The maximum atomic E-state index is 13.3. The first kappa shape index (κ1) is 19.0. The van der Waals surface area contributed by atoms with Gasteiger partial charge in [-0.05, 0) is 56.8 Å². The molecule has 0 aromatic rings. The summed E-state index contributed by atoms with van der Waals surface area (Å²) in [5, 5.41) is 0. The number of esters is 2. The second-order valence-electron chi connectivity index (χ2n) is 9.44. The average molecular weight is 376 g/mol. The second kappa shape index (κ2) is 6.91. The van der Waals surface area contributed by atoms with Gasteiger partial charge < -0.3 is 14.2 Å². The zero-order valence-electron chi connectivity index (χ0n) is 16.7. The van der Waals surface area contributed by atoms with E-state index in [9.17, 15) is 9.59 Å². The van der Waals surface area contributed by atoms with Crippen molar-refractivity contribution in [1.29, 1.82) is 0 Å².